The SMILES string of the molecule is CCCCCCCCCC(=O)NCCN1CCOCC1. The normalized spacial score (nSPS) is 16.2. The van der Waals surface area contributed by atoms with Gasteiger partial charge >= 0.3 is 0 Å². The molecule has 1 aliphatic rings. The number of rotatable bonds is 11. The smallest absolute Gasteiger partial charge is 0.220 e. The molecule has 1 heterocycles. The van der Waals surface area contributed by atoms with E-state index in [9.17, 15) is 4.79 Å². The van der Waals surface area contributed by atoms with Crippen molar-refractivity contribution in [3.05, 3.63) is 0 Å². The molecule has 0 unspecified atom stereocenters. The fourth-order valence-corrected chi connectivity index (χ4v) is 2.51. The van der Waals surface area contributed by atoms with Gasteiger partial charge in [-0.25, -0.2) is 0 Å². The lowest BCUT2D eigenvalue weighted by atomic mass is 10.1. The van der Waals surface area contributed by atoms with Gasteiger partial charge in [0.05, 0.1) is 13.2 Å². The van der Waals surface area contributed by atoms with Crippen LogP contribution in [0.5, 0.6) is 0 Å². The zero-order chi connectivity index (χ0) is 14.5. The summed E-state index contributed by atoms with van der Waals surface area (Å²) in [7, 11) is 0. The van der Waals surface area contributed by atoms with Gasteiger partial charge in [0.2, 0.25) is 5.91 Å². The summed E-state index contributed by atoms with van der Waals surface area (Å²) in [5.74, 6) is 0.215. The van der Waals surface area contributed by atoms with Crippen LogP contribution in [-0.2, 0) is 9.53 Å². The van der Waals surface area contributed by atoms with Gasteiger partial charge in [0.1, 0.15) is 0 Å². The van der Waals surface area contributed by atoms with Crippen molar-refractivity contribution < 1.29 is 9.53 Å². The molecule has 1 aliphatic heterocycles. The van der Waals surface area contributed by atoms with E-state index in [1.807, 2.05) is 0 Å². The van der Waals surface area contributed by atoms with Crippen molar-refractivity contribution in [2.24, 2.45) is 0 Å². The minimum absolute atomic E-state index is 0.215. The van der Waals surface area contributed by atoms with Crippen molar-refractivity contribution in [3.63, 3.8) is 0 Å². The Hall–Kier alpha value is -0.610. The topological polar surface area (TPSA) is 41.6 Å². The third kappa shape index (κ3) is 9.32. The van der Waals surface area contributed by atoms with Crippen LogP contribution in [0.3, 0.4) is 0 Å². The lowest BCUT2D eigenvalue weighted by molar-refractivity contribution is -0.121. The van der Waals surface area contributed by atoms with E-state index >= 15 is 0 Å². The van der Waals surface area contributed by atoms with Gasteiger partial charge in [0, 0.05) is 32.6 Å². The fraction of sp³-hybridized carbons (Fsp3) is 0.938. The second-order valence-electron chi connectivity index (χ2n) is 5.68. The Balaban J connectivity index is 1.85. The molecule has 0 bridgehead atoms. The van der Waals surface area contributed by atoms with Crippen molar-refractivity contribution in [3.8, 4) is 0 Å². The lowest BCUT2D eigenvalue weighted by Gasteiger charge is -2.26. The summed E-state index contributed by atoms with van der Waals surface area (Å²) in [6.07, 6.45) is 9.52. The van der Waals surface area contributed by atoms with E-state index in [0.29, 0.717) is 6.42 Å². The molecule has 118 valence electrons. The average molecular weight is 284 g/mol. The molecule has 0 aliphatic carbocycles. The highest BCUT2D eigenvalue weighted by Crippen LogP contribution is 2.08. The number of amides is 1. The molecule has 0 aromatic carbocycles. The van der Waals surface area contributed by atoms with Crippen molar-refractivity contribution in [1.82, 2.24) is 10.2 Å². The van der Waals surface area contributed by atoms with Gasteiger partial charge in [-0.2, -0.15) is 0 Å². The van der Waals surface area contributed by atoms with E-state index in [2.05, 4.69) is 17.1 Å². The Morgan fingerprint density at radius 1 is 1.05 bits per heavy atom. The number of nitrogens with zero attached hydrogens (tertiary/aromatic N) is 1. The standard InChI is InChI=1S/C16H32N2O2/c1-2-3-4-5-6-7-8-9-16(19)17-10-11-18-12-14-20-15-13-18/h2-15H2,1H3,(H,17,19). The summed E-state index contributed by atoms with van der Waals surface area (Å²) >= 11 is 0. The van der Waals surface area contributed by atoms with E-state index in [0.717, 1.165) is 45.8 Å². The molecule has 4 nitrogen and oxygen atoms in total. The Bertz CT molecular complexity index is 241. The summed E-state index contributed by atoms with van der Waals surface area (Å²) < 4.78 is 5.30. The van der Waals surface area contributed by atoms with Gasteiger partial charge in [0.15, 0.2) is 0 Å². The minimum atomic E-state index is 0.215. The molecule has 0 aromatic heterocycles. The number of carbonyl (C=O) groups is 1. The van der Waals surface area contributed by atoms with E-state index in [1.165, 1.54) is 38.5 Å². The molecule has 0 aromatic rings. The second kappa shape index (κ2) is 12.2. The third-order valence-corrected chi connectivity index (χ3v) is 3.86. The maximum atomic E-state index is 11.7. The molecule has 0 spiro atoms. The van der Waals surface area contributed by atoms with E-state index in [-0.39, 0.29) is 5.91 Å². The van der Waals surface area contributed by atoms with Crippen LogP contribution in [-0.4, -0.2) is 50.2 Å². The first kappa shape index (κ1) is 17.4. The van der Waals surface area contributed by atoms with Gasteiger partial charge in [-0.05, 0) is 6.42 Å². The fourth-order valence-electron chi connectivity index (χ4n) is 2.51. The van der Waals surface area contributed by atoms with Crippen molar-refractivity contribution in [2.45, 2.75) is 58.3 Å². The Morgan fingerprint density at radius 2 is 1.70 bits per heavy atom. The molecular weight excluding hydrogens is 252 g/mol. The van der Waals surface area contributed by atoms with Crippen LogP contribution in [0.4, 0.5) is 0 Å². The molecule has 0 radical (unpaired) electrons. The number of unbranched alkanes of at least 4 members (excludes halogenated alkanes) is 6. The Labute approximate surface area is 124 Å². The molecule has 0 saturated carbocycles. The molecule has 1 N–H and O–H groups in total. The molecule has 1 amide bonds. The zero-order valence-electron chi connectivity index (χ0n) is 13.2. The quantitative estimate of drug-likeness (QED) is 0.593. The van der Waals surface area contributed by atoms with Crippen LogP contribution in [0.25, 0.3) is 0 Å². The number of ether oxygens (including phenoxy) is 1. The molecular formula is C16H32N2O2. The minimum Gasteiger partial charge on any atom is -0.379 e. The molecule has 20 heavy (non-hydrogen) atoms. The monoisotopic (exact) mass is 284 g/mol. The van der Waals surface area contributed by atoms with E-state index in [1.54, 1.807) is 0 Å². The van der Waals surface area contributed by atoms with Crippen LogP contribution < -0.4 is 5.32 Å². The summed E-state index contributed by atoms with van der Waals surface area (Å²) in [6, 6.07) is 0. The van der Waals surface area contributed by atoms with Crippen LogP contribution in [0.1, 0.15) is 58.3 Å². The van der Waals surface area contributed by atoms with Gasteiger partial charge < -0.3 is 10.1 Å². The highest BCUT2D eigenvalue weighted by molar-refractivity contribution is 5.75. The van der Waals surface area contributed by atoms with Gasteiger partial charge in [-0.1, -0.05) is 45.4 Å². The average Bonchev–Trinajstić information content (AvgIpc) is 2.47. The first-order chi connectivity index (χ1) is 9.83. The first-order valence-corrected chi connectivity index (χ1v) is 8.39. The first-order valence-electron chi connectivity index (χ1n) is 8.39. The van der Waals surface area contributed by atoms with Crippen molar-refractivity contribution in [2.75, 3.05) is 39.4 Å². The van der Waals surface area contributed by atoms with Crippen LogP contribution >= 0.6 is 0 Å². The number of carbonyl (C=O) groups excluding carboxylic acids is 1. The van der Waals surface area contributed by atoms with Crippen molar-refractivity contribution in [1.29, 1.82) is 0 Å². The maximum Gasteiger partial charge on any atom is 0.220 e. The number of nitrogens with one attached hydrogen (secondary N) is 1. The highest BCUT2D eigenvalue weighted by atomic mass is 16.5. The second-order valence-corrected chi connectivity index (χ2v) is 5.68. The predicted molar refractivity (Wildman–Crippen MR) is 82.9 cm³/mol. The van der Waals surface area contributed by atoms with Gasteiger partial charge in [0.25, 0.3) is 0 Å². The molecule has 1 fully saturated rings. The summed E-state index contributed by atoms with van der Waals surface area (Å²) in [6.45, 7) is 7.60. The molecule has 1 saturated heterocycles. The van der Waals surface area contributed by atoms with Gasteiger partial charge in [-0.3, -0.25) is 9.69 Å². The van der Waals surface area contributed by atoms with Crippen molar-refractivity contribution >= 4 is 5.91 Å². The number of hydrogen-bond acceptors (Lipinski definition) is 3. The Kier molecular flexibility index (Phi) is 10.6. The largest absolute Gasteiger partial charge is 0.379 e. The maximum absolute atomic E-state index is 11.7. The number of morpholine rings is 1. The van der Waals surface area contributed by atoms with Crippen LogP contribution in [0.15, 0.2) is 0 Å². The third-order valence-electron chi connectivity index (χ3n) is 3.86. The van der Waals surface area contributed by atoms with Gasteiger partial charge in [-0.15, -0.1) is 0 Å². The number of hydrogen-bond donors (Lipinski definition) is 1. The Morgan fingerprint density at radius 3 is 2.40 bits per heavy atom. The molecule has 0 atom stereocenters. The zero-order valence-corrected chi connectivity index (χ0v) is 13.2. The molecule has 4 heteroatoms. The van der Waals surface area contributed by atoms with Crippen LogP contribution in [0.2, 0.25) is 0 Å². The van der Waals surface area contributed by atoms with Crippen LogP contribution in [0, 0.1) is 0 Å². The lowest BCUT2D eigenvalue weighted by Crippen LogP contribution is -2.41. The van der Waals surface area contributed by atoms with E-state index in [4.69, 9.17) is 4.74 Å². The highest BCUT2D eigenvalue weighted by Gasteiger charge is 2.09. The predicted octanol–water partition coefficient (Wildman–Crippen LogP) is 2.58. The van der Waals surface area contributed by atoms with E-state index < -0.39 is 0 Å². The summed E-state index contributed by atoms with van der Waals surface area (Å²) in [5.41, 5.74) is 0. The summed E-state index contributed by atoms with van der Waals surface area (Å²) in [5, 5.41) is 3.02. The summed E-state index contributed by atoms with van der Waals surface area (Å²) in [4.78, 5) is 14.0. The molecule has 1 rings (SSSR count).